The Morgan fingerprint density at radius 1 is 1.17 bits per heavy atom. The number of carbonyl (C=O) groups is 2. The standard InChI is InChI=1S/C19H19NO3S/c1-11-6-7-17(24-11)14-9-15(14)18(21)20-10-13-5-3-2-4-12(13)8-16(20)19(22)23/h2-7,14-16H,8-10H2,1H3,(H,22,23)/t14-,15+,16-/m1/s1. The SMILES string of the molecule is Cc1ccc([C@@H]2C[C@@H]2C(=O)N2Cc3ccccc3C[C@@H]2C(=O)O)s1. The molecule has 4 rings (SSSR count). The van der Waals surface area contributed by atoms with E-state index in [9.17, 15) is 14.7 Å². The molecule has 4 nitrogen and oxygen atoms in total. The molecule has 3 atom stereocenters. The van der Waals surface area contributed by atoms with E-state index >= 15 is 0 Å². The van der Waals surface area contributed by atoms with Gasteiger partial charge in [-0.3, -0.25) is 4.79 Å². The van der Waals surface area contributed by atoms with Crippen LogP contribution >= 0.6 is 11.3 Å². The van der Waals surface area contributed by atoms with Gasteiger partial charge in [-0.25, -0.2) is 4.79 Å². The van der Waals surface area contributed by atoms with E-state index in [0.29, 0.717) is 13.0 Å². The van der Waals surface area contributed by atoms with Crippen molar-refractivity contribution in [2.45, 2.75) is 38.3 Å². The highest BCUT2D eigenvalue weighted by Gasteiger charge is 2.49. The van der Waals surface area contributed by atoms with E-state index < -0.39 is 12.0 Å². The summed E-state index contributed by atoms with van der Waals surface area (Å²) in [6, 6.07) is 11.2. The third-order valence-corrected chi connectivity index (χ3v) is 6.18. The first-order valence-corrected chi connectivity index (χ1v) is 9.02. The molecular weight excluding hydrogens is 322 g/mol. The van der Waals surface area contributed by atoms with E-state index in [-0.39, 0.29) is 17.7 Å². The summed E-state index contributed by atoms with van der Waals surface area (Å²) in [6.07, 6.45) is 1.23. The zero-order valence-corrected chi connectivity index (χ0v) is 14.3. The smallest absolute Gasteiger partial charge is 0.326 e. The Morgan fingerprint density at radius 2 is 1.92 bits per heavy atom. The van der Waals surface area contributed by atoms with E-state index in [1.807, 2.05) is 24.3 Å². The van der Waals surface area contributed by atoms with Crippen molar-refractivity contribution in [3.8, 4) is 0 Å². The highest BCUT2D eigenvalue weighted by Crippen LogP contribution is 2.51. The molecule has 2 aliphatic rings. The molecule has 0 radical (unpaired) electrons. The molecule has 1 aromatic heterocycles. The summed E-state index contributed by atoms with van der Waals surface area (Å²) in [5.41, 5.74) is 2.10. The number of carboxylic acid groups (broad SMARTS) is 1. The molecule has 24 heavy (non-hydrogen) atoms. The van der Waals surface area contributed by atoms with Gasteiger partial charge in [-0.2, -0.15) is 0 Å². The average Bonchev–Trinajstić information content (AvgIpc) is 3.27. The highest BCUT2D eigenvalue weighted by molar-refractivity contribution is 7.12. The first-order valence-electron chi connectivity index (χ1n) is 8.21. The largest absolute Gasteiger partial charge is 0.480 e. The van der Waals surface area contributed by atoms with Gasteiger partial charge in [0.15, 0.2) is 0 Å². The van der Waals surface area contributed by atoms with E-state index in [1.165, 1.54) is 9.75 Å². The zero-order chi connectivity index (χ0) is 16.8. The number of hydrogen-bond acceptors (Lipinski definition) is 3. The molecule has 1 aliphatic carbocycles. The van der Waals surface area contributed by atoms with Crippen molar-refractivity contribution in [1.82, 2.24) is 4.90 Å². The van der Waals surface area contributed by atoms with E-state index in [4.69, 9.17) is 0 Å². The number of fused-ring (bicyclic) bond motifs is 1. The summed E-state index contributed by atoms with van der Waals surface area (Å²) in [5, 5.41) is 9.58. The molecule has 1 aromatic carbocycles. The Morgan fingerprint density at radius 3 is 2.58 bits per heavy atom. The number of benzene rings is 1. The molecule has 1 N–H and O–H groups in total. The first-order chi connectivity index (χ1) is 11.5. The van der Waals surface area contributed by atoms with Gasteiger partial charge in [-0.15, -0.1) is 11.3 Å². The lowest BCUT2D eigenvalue weighted by Crippen LogP contribution is -2.49. The van der Waals surface area contributed by atoms with E-state index in [2.05, 4.69) is 19.1 Å². The monoisotopic (exact) mass is 341 g/mol. The second kappa shape index (κ2) is 5.74. The van der Waals surface area contributed by atoms with Crippen LogP contribution in [-0.2, 0) is 22.6 Å². The van der Waals surface area contributed by atoms with Crippen molar-refractivity contribution in [3.63, 3.8) is 0 Å². The average molecular weight is 341 g/mol. The van der Waals surface area contributed by atoms with Crippen molar-refractivity contribution in [2.75, 3.05) is 0 Å². The minimum Gasteiger partial charge on any atom is -0.480 e. The quantitative estimate of drug-likeness (QED) is 0.933. The van der Waals surface area contributed by atoms with Crippen LogP contribution in [0.1, 0.15) is 33.2 Å². The molecule has 124 valence electrons. The Bertz CT molecular complexity index is 812. The van der Waals surface area contributed by atoms with Crippen molar-refractivity contribution in [3.05, 3.63) is 57.3 Å². The summed E-state index contributed by atoms with van der Waals surface area (Å²) in [7, 11) is 0. The maximum atomic E-state index is 12.9. The number of aryl methyl sites for hydroxylation is 1. The maximum Gasteiger partial charge on any atom is 0.326 e. The molecule has 1 amide bonds. The van der Waals surface area contributed by atoms with Crippen LogP contribution in [0.4, 0.5) is 0 Å². The molecule has 2 heterocycles. The second-order valence-corrected chi connectivity index (χ2v) is 8.01. The Hall–Kier alpha value is -2.14. The molecule has 0 saturated heterocycles. The number of carbonyl (C=O) groups excluding carboxylic acids is 1. The number of carboxylic acids is 1. The van der Waals surface area contributed by atoms with Crippen molar-refractivity contribution >= 4 is 23.2 Å². The lowest BCUT2D eigenvalue weighted by atomic mass is 9.93. The van der Waals surface area contributed by atoms with Crippen LogP contribution in [-0.4, -0.2) is 27.9 Å². The lowest BCUT2D eigenvalue weighted by molar-refractivity contribution is -0.152. The first kappa shape index (κ1) is 15.4. The number of thiophene rings is 1. The summed E-state index contributed by atoms with van der Waals surface area (Å²) in [6.45, 7) is 2.47. The summed E-state index contributed by atoms with van der Waals surface area (Å²) in [4.78, 5) is 28.7. The Kier molecular flexibility index (Phi) is 3.68. The molecule has 1 aliphatic heterocycles. The number of rotatable bonds is 3. The minimum atomic E-state index is -0.915. The van der Waals surface area contributed by atoms with Gasteiger partial charge in [-0.1, -0.05) is 24.3 Å². The Balaban J connectivity index is 1.56. The van der Waals surface area contributed by atoms with Gasteiger partial charge in [0.1, 0.15) is 6.04 Å². The van der Waals surface area contributed by atoms with Crippen molar-refractivity contribution in [1.29, 1.82) is 0 Å². The third-order valence-electron chi connectivity index (χ3n) is 5.05. The van der Waals surface area contributed by atoms with Crippen molar-refractivity contribution in [2.24, 2.45) is 5.92 Å². The number of hydrogen-bond donors (Lipinski definition) is 1. The molecule has 2 aromatic rings. The van der Waals surface area contributed by atoms with Crippen LogP contribution in [0.15, 0.2) is 36.4 Å². The van der Waals surface area contributed by atoms with Crippen LogP contribution in [0.5, 0.6) is 0 Å². The molecule has 0 bridgehead atoms. The van der Waals surface area contributed by atoms with Crippen LogP contribution in [0.25, 0.3) is 0 Å². The van der Waals surface area contributed by atoms with E-state index in [0.717, 1.165) is 17.5 Å². The fraction of sp³-hybridized carbons (Fsp3) is 0.368. The topological polar surface area (TPSA) is 57.6 Å². The maximum absolute atomic E-state index is 12.9. The number of aliphatic carboxylic acids is 1. The molecule has 0 unspecified atom stereocenters. The van der Waals surface area contributed by atoms with Gasteiger partial charge >= 0.3 is 5.97 Å². The molecule has 5 heteroatoms. The molecular formula is C19H19NO3S. The fourth-order valence-corrected chi connectivity index (χ4v) is 4.68. The van der Waals surface area contributed by atoms with Gasteiger partial charge in [0, 0.05) is 34.6 Å². The van der Waals surface area contributed by atoms with Crippen molar-refractivity contribution < 1.29 is 14.7 Å². The predicted molar refractivity (Wildman–Crippen MR) is 92.0 cm³/mol. The fourth-order valence-electron chi connectivity index (χ4n) is 3.62. The highest BCUT2D eigenvalue weighted by atomic mass is 32.1. The van der Waals surface area contributed by atoms with Crippen LogP contribution in [0.2, 0.25) is 0 Å². The number of amides is 1. The normalized spacial score (nSPS) is 25.2. The predicted octanol–water partition coefficient (Wildman–Crippen LogP) is 3.20. The van der Waals surface area contributed by atoms with Crippen LogP contribution in [0.3, 0.4) is 0 Å². The lowest BCUT2D eigenvalue weighted by Gasteiger charge is -2.34. The van der Waals surface area contributed by atoms with E-state index in [1.54, 1.807) is 16.2 Å². The summed E-state index contributed by atoms with van der Waals surface area (Å²) < 4.78 is 0. The molecule has 0 spiro atoms. The van der Waals surface area contributed by atoms with Gasteiger partial charge in [0.05, 0.1) is 0 Å². The summed E-state index contributed by atoms with van der Waals surface area (Å²) in [5.74, 6) is -0.715. The number of nitrogens with zero attached hydrogens (tertiary/aromatic N) is 1. The molecule has 1 fully saturated rings. The van der Waals surface area contributed by atoms with Gasteiger partial charge in [0.25, 0.3) is 0 Å². The summed E-state index contributed by atoms with van der Waals surface area (Å²) >= 11 is 1.73. The van der Waals surface area contributed by atoms with Gasteiger partial charge in [0.2, 0.25) is 5.91 Å². The molecule has 1 saturated carbocycles. The minimum absolute atomic E-state index is 0.00652. The van der Waals surface area contributed by atoms with Crippen LogP contribution < -0.4 is 0 Å². The van der Waals surface area contributed by atoms with Crippen LogP contribution in [0, 0.1) is 12.8 Å². The van der Waals surface area contributed by atoms with Gasteiger partial charge in [-0.05, 0) is 36.6 Å². The van der Waals surface area contributed by atoms with Gasteiger partial charge < -0.3 is 10.0 Å². The third kappa shape index (κ3) is 2.63. The second-order valence-electron chi connectivity index (χ2n) is 6.69. The Labute approximate surface area is 144 Å². The zero-order valence-electron chi connectivity index (χ0n) is 13.4.